The summed E-state index contributed by atoms with van der Waals surface area (Å²) in [6.45, 7) is 6.32. The van der Waals surface area contributed by atoms with Crippen LogP contribution < -0.4 is 0 Å². The maximum absolute atomic E-state index is 11.9. The van der Waals surface area contributed by atoms with Crippen molar-refractivity contribution in [2.24, 2.45) is 0 Å². The van der Waals surface area contributed by atoms with E-state index in [1.807, 2.05) is 30.3 Å². The quantitative estimate of drug-likeness (QED) is 0.262. The van der Waals surface area contributed by atoms with Crippen LogP contribution in [0.4, 0.5) is 0 Å². The van der Waals surface area contributed by atoms with Gasteiger partial charge in [-0.3, -0.25) is 4.79 Å². The first-order valence-corrected chi connectivity index (χ1v) is 9.40. The number of esters is 1. The Morgan fingerprint density at radius 1 is 1.32 bits per heavy atom. The van der Waals surface area contributed by atoms with Gasteiger partial charge in [0.15, 0.2) is 6.10 Å². The maximum Gasteiger partial charge on any atom is 0.303 e. The summed E-state index contributed by atoms with van der Waals surface area (Å²) in [5, 5.41) is 0. The van der Waals surface area contributed by atoms with E-state index in [1.165, 1.54) is 6.92 Å². The van der Waals surface area contributed by atoms with Crippen molar-refractivity contribution in [3.05, 3.63) is 48.6 Å². The molecule has 4 atom stereocenters. The summed E-state index contributed by atoms with van der Waals surface area (Å²) in [6, 6.07) is 9.81. The highest BCUT2D eigenvalue weighted by Gasteiger charge is 2.68. The van der Waals surface area contributed by atoms with E-state index in [0.29, 0.717) is 26.1 Å². The molecule has 7 nitrogen and oxygen atoms in total. The summed E-state index contributed by atoms with van der Waals surface area (Å²) in [5.41, 5.74) is 0.200. The molecule has 0 amide bonds. The number of benzene rings is 1. The largest absolute Gasteiger partial charge is 0.454 e. The number of carbonyl (C=O) groups excluding carboxylic acids is 1. The Kier molecular flexibility index (Phi) is 6.85. The van der Waals surface area contributed by atoms with Crippen LogP contribution in [0.3, 0.4) is 0 Å². The molecule has 3 rings (SSSR count). The molecule has 7 heteroatoms. The third kappa shape index (κ3) is 4.29. The summed E-state index contributed by atoms with van der Waals surface area (Å²) >= 11 is 0. The second kappa shape index (κ2) is 9.15. The van der Waals surface area contributed by atoms with E-state index >= 15 is 0 Å². The van der Waals surface area contributed by atoms with Crippen molar-refractivity contribution in [3.63, 3.8) is 0 Å². The molecular weight excluding hydrogens is 364 g/mol. The Bertz CT molecular complexity index is 664. The van der Waals surface area contributed by atoms with E-state index < -0.39 is 29.6 Å². The second-order valence-corrected chi connectivity index (χ2v) is 7.07. The third-order valence-corrected chi connectivity index (χ3v) is 5.02. The number of methoxy groups -OCH3 is 1. The number of hydrogen-bond donors (Lipinski definition) is 0. The molecule has 2 saturated heterocycles. The lowest BCUT2D eigenvalue weighted by Crippen LogP contribution is -2.50. The Hall–Kier alpha value is -1.77. The fourth-order valence-electron chi connectivity index (χ4n) is 3.90. The monoisotopic (exact) mass is 392 g/mol. The van der Waals surface area contributed by atoms with Crippen LogP contribution >= 0.6 is 0 Å². The van der Waals surface area contributed by atoms with Crippen molar-refractivity contribution in [3.8, 4) is 0 Å². The van der Waals surface area contributed by atoms with Gasteiger partial charge in [-0.05, 0) is 5.56 Å². The van der Waals surface area contributed by atoms with E-state index in [9.17, 15) is 4.79 Å². The van der Waals surface area contributed by atoms with Crippen LogP contribution in [-0.4, -0.2) is 56.7 Å². The first-order valence-electron chi connectivity index (χ1n) is 9.40. The molecule has 2 bridgehead atoms. The second-order valence-electron chi connectivity index (χ2n) is 7.07. The average molecular weight is 392 g/mol. The van der Waals surface area contributed by atoms with E-state index in [4.69, 9.17) is 28.4 Å². The molecule has 2 aliphatic heterocycles. The molecule has 1 aromatic rings. The van der Waals surface area contributed by atoms with Crippen molar-refractivity contribution in [1.82, 2.24) is 0 Å². The van der Waals surface area contributed by atoms with E-state index in [0.717, 1.165) is 5.56 Å². The molecule has 0 saturated carbocycles. The molecule has 0 N–H and O–H groups in total. The molecule has 154 valence electrons. The summed E-state index contributed by atoms with van der Waals surface area (Å²) in [5.74, 6) is -1.56. The van der Waals surface area contributed by atoms with Crippen molar-refractivity contribution < 1.29 is 33.2 Å². The molecule has 28 heavy (non-hydrogen) atoms. The number of fused-ring (bicyclic) bond motifs is 2. The van der Waals surface area contributed by atoms with Gasteiger partial charge < -0.3 is 28.4 Å². The van der Waals surface area contributed by atoms with Gasteiger partial charge in [-0.25, -0.2) is 0 Å². The van der Waals surface area contributed by atoms with Crippen LogP contribution in [0.5, 0.6) is 0 Å². The molecule has 0 unspecified atom stereocenters. The summed E-state index contributed by atoms with van der Waals surface area (Å²) < 4.78 is 35.0. The lowest BCUT2D eigenvalue weighted by Gasteiger charge is -2.39. The molecular formula is C21H28O7. The highest BCUT2D eigenvalue weighted by Crippen LogP contribution is 2.50. The minimum Gasteiger partial charge on any atom is -0.454 e. The number of carbonyl (C=O) groups is 1. The lowest BCUT2D eigenvalue weighted by molar-refractivity contribution is -0.317. The zero-order valence-corrected chi connectivity index (χ0v) is 16.4. The fraction of sp³-hybridized carbons (Fsp3) is 0.571. The zero-order valence-electron chi connectivity index (χ0n) is 16.4. The van der Waals surface area contributed by atoms with E-state index in [1.54, 1.807) is 13.2 Å². The van der Waals surface area contributed by atoms with Gasteiger partial charge in [-0.15, -0.1) is 6.58 Å². The lowest BCUT2D eigenvalue weighted by atomic mass is 9.91. The molecule has 0 aromatic heterocycles. The van der Waals surface area contributed by atoms with Gasteiger partial charge in [0.05, 0.1) is 19.8 Å². The Morgan fingerprint density at radius 2 is 2.11 bits per heavy atom. The third-order valence-electron chi connectivity index (χ3n) is 5.02. The minimum atomic E-state index is -1.14. The van der Waals surface area contributed by atoms with Crippen LogP contribution in [0.25, 0.3) is 0 Å². The first-order chi connectivity index (χ1) is 13.6. The van der Waals surface area contributed by atoms with Crippen molar-refractivity contribution >= 4 is 5.97 Å². The standard InChI is InChI=1S/C21H28O7/c1-4-10-21-19(27-16(2)22)18(25-13-17-8-6-5-7-9-17)20(28-21,11-12-26-21)14-24-15-23-3/h4-9,18-19H,1,10-15H2,2-3H3/t18-,19-,20-,21+/m1/s1. The van der Waals surface area contributed by atoms with Gasteiger partial charge in [-0.1, -0.05) is 36.4 Å². The average Bonchev–Trinajstić information content (AvgIpc) is 2.84. The highest BCUT2D eigenvalue weighted by molar-refractivity contribution is 5.66. The van der Waals surface area contributed by atoms with Gasteiger partial charge >= 0.3 is 5.97 Å². The summed E-state index contributed by atoms with van der Waals surface area (Å²) in [4.78, 5) is 11.9. The molecule has 0 radical (unpaired) electrons. The van der Waals surface area contributed by atoms with Gasteiger partial charge in [0.25, 0.3) is 0 Å². The molecule has 0 spiro atoms. The Labute approximate surface area is 165 Å². The Balaban J connectivity index is 1.89. The van der Waals surface area contributed by atoms with Gasteiger partial charge in [-0.2, -0.15) is 0 Å². The van der Waals surface area contributed by atoms with Gasteiger partial charge in [0.1, 0.15) is 18.5 Å². The SMILES string of the molecule is C=CC[C@]12OCC[C@](COCOC)(O1)[C@H](OCc1ccccc1)[C@H]2OC(C)=O. The predicted molar refractivity (Wildman–Crippen MR) is 100 cm³/mol. The van der Waals surface area contributed by atoms with Gasteiger partial charge in [0.2, 0.25) is 5.79 Å². The fourth-order valence-corrected chi connectivity index (χ4v) is 3.90. The van der Waals surface area contributed by atoms with Gasteiger partial charge in [0, 0.05) is 26.9 Å². The topological polar surface area (TPSA) is 72.5 Å². The summed E-state index contributed by atoms with van der Waals surface area (Å²) in [6.07, 6.45) is 1.31. The zero-order chi connectivity index (χ0) is 20.0. The predicted octanol–water partition coefficient (Wildman–Crippen LogP) is 2.59. The normalized spacial score (nSPS) is 31.5. The van der Waals surface area contributed by atoms with Crippen molar-refractivity contribution in [2.45, 2.75) is 50.0 Å². The van der Waals surface area contributed by atoms with Crippen LogP contribution in [0.1, 0.15) is 25.3 Å². The highest BCUT2D eigenvalue weighted by atomic mass is 16.8. The van der Waals surface area contributed by atoms with Crippen LogP contribution in [0, 0.1) is 0 Å². The van der Waals surface area contributed by atoms with E-state index in [-0.39, 0.29) is 13.4 Å². The van der Waals surface area contributed by atoms with Crippen LogP contribution in [-0.2, 0) is 39.8 Å². The first kappa shape index (κ1) is 21.0. The number of hydrogen-bond acceptors (Lipinski definition) is 7. The van der Waals surface area contributed by atoms with Crippen LogP contribution in [0.2, 0.25) is 0 Å². The molecule has 0 aliphatic carbocycles. The molecule has 2 aliphatic rings. The molecule has 1 aromatic carbocycles. The van der Waals surface area contributed by atoms with Crippen LogP contribution in [0.15, 0.2) is 43.0 Å². The Morgan fingerprint density at radius 3 is 2.79 bits per heavy atom. The van der Waals surface area contributed by atoms with E-state index in [2.05, 4.69) is 6.58 Å². The van der Waals surface area contributed by atoms with Crippen molar-refractivity contribution in [2.75, 3.05) is 27.1 Å². The molecule has 2 fully saturated rings. The summed E-state index contributed by atoms with van der Waals surface area (Å²) in [7, 11) is 1.56. The maximum atomic E-state index is 11.9. The number of ether oxygens (including phenoxy) is 6. The number of rotatable bonds is 10. The molecule has 2 heterocycles. The minimum absolute atomic E-state index is 0.129. The van der Waals surface area contributed by atoms with Crippen molar-refractivity contribution in [1.29, 1.82) is 0 Å². The smallest absolute Gasteiger partial charge is 0.303 e.